The Morgan fingerprint density at radius 1 is 1.32 bits per heavy atom. The first-order valence-corrected chi connectivity index (χ1v) is 9.08. The molecule has 0 saturated heterocycles. The number of furan rings is 1. The summed E-state index contributed by atoms with van der Waals surface area (Å²) in [6.45, 7) is 2.07. The number of ether oxygens (including phenoxy) is 2. The number of rotatable bonds is 8. The predicted molar refractivity (Wildman–Crippen MR) is 113 cm³/mol. The van der Waals surface area contributed by atoms with Crippen LogP contribution >= 0.6 is 0 Å². The number of aromatic nitrogens is 1. The van der Waals surface area contributed by atoms with Gasteiger partial charge in [0.15, 0.2) is 5.82 Å². The van der Waals surface area contributed by atoms with Crippen LogP contribution in [0.25, 0.3) is 11.3 Å². The third kappa shape index (κ3) is 4.85. The number of nitro groups is 1. The number of nitrogens with one attached hydrogen (secondary N) is 1. The van der Waals surface area contributed by atoms with Gasteiger partial charge < -0.3 is 13.9 Å². The summed E-state index contributed by atoms with van der Waals surface area (Å²) >= 11 is 0. The predicted octanol–water partition coefficient (Wildman–Crippen LogP) is 4.03. The maximum Gasteiger partial charge on any atom is 0.284 e. The number of aryl methyl sites for hydroxylation is 1. The summed E-state index contributed by atoms with van der Waals surface area (Å²) in [4.78, 5) is 15.2. The number of hydrazone groups is 1. The Hall–Kier alpha value is -4.23. The molecule has 3 rings (SSSR count). The van der Waals surface area contributed by atoms with Crippen molar-refractivity contribution < 1.29 is 18.8 Å². The monoisotopic (exact) mass is 421 g/mol. The van der Waals surface area contributed by atoms with Crippen molar-refractivity contribution in [2.75, 3.05) is 19.6 Å². The van der Waals surface area contributed by atoms with Gasteiger partial charge in [-0.2, -0.15) is 10.4 Å². The Kier molecular flexibility index (Phi) is 6.59. The number of anilines is 1. The molecule has 0 fully saturated rings. The van der Waals surface area contributed by atoms with Crippen LogP contribution < -0.4 is 10.2 Å². The third-order valence-corrected chi connectivity index (χ3v) is 4.30. The second-order valence-electron chi connectivity index (χ2n) is 6.40. The van der Waals surface area contributed by atoms with Gasteiger partial charge in [0.1, 0.15) is 28.9 Å². The molecule has 2 aromatic heterocycles. The number of benzene rings is 1. The molecule has 2 heterocycles. The molecule has 0 aliphatic heterocycles. The third-order valence-electron chi connectivity index (χ3n) is 4.30. The second-order valence-corrected chi connectivity index (χ2v) is 6.40. The largest absolute Gasteiger partial charge is 0.497 e. The minimum Gasteiger partial charge on any atom is -0.497 e. The minimum absolute atomic E-state index is 0.136. The van der Waals surface area contributed by atoms with Gasteiger partial charge in [0, 0.05) is 18.4 Å². The van der Waals surface area contributed by atoms with Crippen LogP contribution in [0.1, 0.15) is 22.6 Å². The second kappa shape index (κ2) is 9.51. The molecular weight excluding hydrogens is 402 g/mol. The zero-order valence-electron chi connectivity index (χ0n) is 17.1. The Balaban J connectivity index is 1.83. The van der Waals surface area contributed by atoms with Gasteiger partial charge in [-0.25, -0.2) is 4.98 Å². The fourth-order valence-corrected chi connectivity index (χ4v) is 2.94. The zero-order valence-corrected chi connectivity index (χ0v) is 17.1. The minimum atomic E-state index is -0.500. The number of pyridine rings is 1. The molecule has 0 atom stereocenters. The number of nitrogens with zero attached hydrogens (tertiary/aromatic N) is 4. The van der Waals surface area contributed by atoms with Crippen molar-refractivity contribution in [3.05, 3.63) is 69.1 Å². The highest BCUT2D eigenvalue weighted by Gasteiger charge is 2.19. The molecule has 10 heteroatoms. The van der Waals surface area contributed by atoms with E-state index >= 15 is 0 Å². The van der Waals surface area contributed by atoms with Crippen LogP contribution in [0.15, 0.2) is 45.9 Å². The number of hydrogen-bond donors (Lipinski definition) is 1. The number of nitriles is 1. The van der Waals surface area contributed by atoms with E-state index in [-0.39, 0.29) is 12.3 Å². The molecular formula is C21H19N5O5. The van der Waals surface area contributed by atoms with Crippen LogP contribution in [0.5, 0.6) is 5.75 Å². The molecule has 0 saturated carbocycles. The molecule has 0 amide bonds. The van der Waals surface area contributed by atoms with E-state index in [9.17, 15) is 15.4 Å². The Labute approximate surface area is 177 Å². The van der Waals surface area contributed by atoms with E-state index in [2.05, 4.69) is 21.6 Å². The Morgan fingerprint density at radius 2 is 2.13 bits per heavy atom. The van der Waals surface area contributed by atoms with Crippen molar-refractivity contribution in [3.63, 3.8) is 0 Å². The topological polar surface area (TPSA) is 136 Å². The highest BCUT2D eigenvalue weighted by Crippen LogP contribution is 2.34. The van der Waals surface area contributed by atoms with Gasteiger partial charge in [0.05, 0.1) is 36.5 Å². The van der Waals surface area contributed by atoms with Gasteiger partial charge in [-0.1, -0.05) is 0 Å². The summed E-state index contributed by atoms with van der Waals surface area (Å²) in [5, 5.41) is 24.9. The summed E-state index contributed by atoms with van der Waals surface area (Å²) in [6, 6.07) is 11.6. The van der Waals surface area contributed by atoms with E-state index in [4.69, 9.17) is 13.9 Å². The first-order valence-electron chi connectivity index (χ1n) is 9.08. The quantitative estimate of drug-likeness (QED) is 0.327. The Morgan fingerprint density at radius 3 is 2.81 bits per heavy atom. The van der Waals surface area contributed by atoms with Gasteiger partial charge in [-0.15, -0.1) is 0 Å². The fraction of sp³-hybridized carbons (Fsp3) is 0.190. The molecule has 0 spiro atoms. The number of nitro benzene ring substituents is 1. The summed E-state index contributed by atoms with van der Waals surface area (Å²) in [5.41, 5.74) is 4.65. The van der Waals surface area contributed by atoms with Gasteiger partial charge >= 0.3 is 0 Å². The fourth-order valence-electron chi connectivity index (χ4n) is 2.94. The van der Waals surface area contributed by atoms with Crippen LogP contribution in [0.3, 0.4) is 0 Å². The van der Waals surface area contributed by atoms with E-state index in [0.29, 0.717) is 45.5 Å². The van der Waals surface area contributed by atoms with Crippen LogP contribution in [-0.4, -0.2) is 30.3 Å². The van der Waals surface area contributed by atoms with E-state index < -0.39 is 4.92 Å². The van der Waals surface area contributed by atoms with Crippen LogP contribution in [-0.2, 0) is 11.3 Å². The highest BCUT2D eigenvalue weighted by molar-refractivity contribution is 5.79. The van der Waals surface area contributed by atoms with Crippen molar-refractivity contribution >= 4 is 17.7 Å². The van der Waals surface area contributed by atoms with Crippen molar-refractivity contribution in [1.29, 1.82) is 5.26 Å². The molecule has 3 aromatic rings. The van der Waals surface area contributed by atoms with Crippen LogP contribution in [0.4, 0.5) is 11.5 Å². The molecule has 0 unspecified atom stereocenters. The lowest BCUT2D eigenvalue weighted by Crippen LogP contribution is -2.03. The normalized spacial score (nSPS) is 10.8. The van der Waals surface area contributed by atoms with Crippen LogP contribution in [0, 0.1) is 28.4 Å². The van der Waals surface area contributed by atoms with E-state index in [1.807, 2.05) is 0 Å². The highest BCUT2D eigenvalue weighted by atomic mass is 16.6. The lowest BCUT2D eigenvalue weighted by Gasteiger charge is -2.08. The molecule has 31 heavy (non-hydrogen) atoms. The lowest BCUT2D eigenvalue weighted by atomic mass is 10.1. The summed E-state index contributed by atoms with van der Waals surface area (Å²) < 4.78 is 15.8. The maximum atomic E-state index is 11.4. The average molecular weight is 421 g/mol. The van der Waals surface area contributed by atoms with Gasteiger partial charge in [-0.05, 0) is 37.3 Å². The Bertz CT molecular complexity index is 1180. The molecule has 1 N–H and O–H groups in total. The first kappa shape index (κ1) is 21.5. The van der Waals surface area contributed by atoms with Crippen molar-refractivity contribution in [2.24, 2.45) is 5.10 Å². The maximum absolute atomic E-state index is 11.4. The molecule has 0 radical (unpaired) electrons. The van der Waals surface area contributed by atoms with Crippen molar-refractivity contribution in [1.82, 2.24) is 4.98 Å². The van der Waals surface area contributed by atoms with E-state index in [0.717, 1.165) is 0 Å². The van der Waals surface area contributed by atoms with Crippen LogP contribution in [0.2, 0.25) is 0 Å². The zero-order chi connectivity index (χ0) is 22.4. The first-order chi connectivity index (χ1) is 15.0. The van der Waals surface area contributed by atoms with Gasteiger partial charge in [0.25, 0.3) is 5.69 Å². The lowest BCUT2D eigenvalue weighted by molar-refractivity contribution is -0.384. The van der Waals surface area contributed by atoms with Crippen molar-refractivity contribution in [3.8, 4) is 23.1 Å². The number of hydrogen-bond acceptors (Lipinski definition) is 9. The summed E-state index contributed by atoms with van der Waals surface area (Å²) in [7, 11) is 2.98. The summed E-state index contributed by atoms with van der Waals surface area (Å²) in [5.74, 6) is 1.34. The standard InChI is InChI=1S/C21H19N5O5/c1-13-8-14(12-29-2)18(10-22)21(24-13)25-23-11-16-5-7-20(31-16)17-6-4-15(30-3)9-19(17)26(27)28/h4-9,11H,12H2,1-3H3,(H,24,25). The van der Waals surface area contributed by atoms with Gasteiger partial charge in [0.2, 0.25) is 0 Å². The molecule has 0 aliphatic carbocycles. The van der Waals surface area contributed by atoms with Gasteiger partial charge in [-0.3, -0.25) is 15.5 Å². The van der Waals surface area contributed by atoms with E-state index in [1.54, 1.807) is 44.4 Å². The SMILES string of the molecule is COCc1cc(C)nc(NN=Cc2ccc(-c3ccc(OC)cc3[N+](=O)[O-])o2)c1C#N. The van der Waals surface area contributed by atoms with Crippen molar-refractivity contribution in [2.45, 2.75) is 13.5 Å². The summed E-state index contributed by atoms with van der Waals surface area (Å²) in [6.07, 6.45) is 1.39. The molecule has 1 aromatic carbocycles. The molecule has 0 aliphatic rings. The smallest absolute Gasteiger partial charge is 0.284 e. The average Bonchev–Trinajstić information content (AvgIpc) is 3.22. The number of methoxy groups -OCH3 is 2. The molecule has 10 nitrogen and oxygen atoms in total. The molecule has 158 valence electrons. The molecule has 0 bridgehead atoms. The van der Waals surface area contributed by atoms with E-state index in [1.165, 1.54) is 19.4 Å².